The number of rotatable bonds is 14. The number of amides is 1. The molecule has 11 heteroatoms. The van der Waals surface area contributed by atoms with Crippen molar-refractivity contribution in [3.8, 4) is 5.75 Å². The monoisotopic (exact) mass is 595 g/mol. The number of carbonyl (C=O) groups is 2. The number of ether oxygens (including phenoxy) is 3. The highest BCUT2D eigenvalue weighted by Gasteiger charge is 2.31. The fraction of sp³-hybridized carbons (Fsp3) is 0.419. The summed E-state index contributed by atoms with van der Waals surface area (Å²) in [5.41, 5.74) is 8.40. The Morgan fingerprint density at radius 1 is 1.12 bits per heavy atom. The van der Waals surface area contributed by atoms with Gasteiger partial charge in [-0.2, -0.15) is 0 Å². The molecule has 0 bridgehead atoms. The molecule has 2 aromatic carbocycles. The number of esters is 1. The van der Waals surface area contributed by atoms with Crippen LogP contribution >= 0.6 is 11.6 Å². The molecule has 4 aromatic rings. The Morgan fingerprint density at radius 3 is 2.64 bits per heavy atom. The van der Waals surface area contributed by atoms with Gasteiger partial charge < -0.3 is 29.4 Å². The fourth-order valence-electron chi connectivity index (χ4n) is 4.90. The first-order chi connectivity index (χ1) is 20.2. The lowest BCUT2D eigenvalue weighted by Gasteiger charge is -2.25. The van der Waals surface area contributed by atoms with Crippen LogP contribution in [0.3, 0.4) is 0 Å². The first kappa shape index (κ1) is 31.1. The number of alkyl halides is 1. The molecule has 0 unspecified atom stereocenters. The summed E-state index contributed by atoms with van der Waals surface area (Å²) in [7, 11) is 1.66. The molecule has 2 N–H and O–H groups in total. The Labute approximate surface area is 250 Å². The molecule has 0 fully saturated rings. The number of nitrogens with zero attached hydrogens (tertiary/aromatic N) is 4. The van der Waals surface area contributed by atoms with Gasteiger partial charge in [-0.25, -0.2) is 14.8 Å². The minimum Gasteiger partial charge on any atom is -0.476 e. The molecule has 0 spiro atoms. The second-order valence-corrected chi connectivity index (χ2v) is 10.7. The Balaban J connectivity index is 1.54. The standard InChI is InChI=1S/C31H38ClN5O5/c1-5-41-30(39)31(2,3)42-22-11-8-10-21(18-22)20-36(26(38)19-32)15-9-16-37-25(14-17-40-4)35-27-28(37)23-12-6-7-13-24(23)34-29(27)33/h6-8,10-13,18H,5,9,14-17,19-20H2,1-4H3,(H2,33,34). The van der Waals surface area contributed by atoms with Gasteiger partial charge in [-0.1, -0.05) is 30.3 Å². The lowest BCUT2D eigenvalue weighted by atomic mass is 10.1. The van der Waals surface area contributed by atoms with Gasteiger partial charge in [-0.3, -0.25) is 4.79 Å². The summed E-state index contributed by atoms with van der Waals surface area (Å²) in [6.45, 7) is 7.26. The molecule has 10 nitrogen and oxygen atoms in total. The summed E-state index contributed by atoms with van der Waals surface area (Å²) in [5.74, 6) is 0.982. The molecule has 224 valence electrons. The van der Waals surface area contributed by atoms with Gasteiger partial charge in [0.15, 0.2) is 11.4 Å². The molecule has 0 atom stereocenters. The van der Waals surface area contributed by atoms with Crippen LogP contribution in [-0.4, -0.2) is 69.7 Å². The number of aromatic nitrogens is 3. The average molecular weight is 596 g/mol. The van der Waals surface area contributed by atoms with Gasteiger partial charge in [0.25, 0.3) is 0 Å². The lowest BCUT2D eigenvalue weighted by molar-refractivity contribution is -0.158. The lowest BCUT2D eigenvalue weighted by Crippen LogP contribution is -2.39. The molecule has 0 aliphatic carbocycles. The van der Waals surface area contributed by atoms with Crippen LogP contribution in [0, 0.1) is 0 Å². The van der Waals surface area contributed by atoms with Crippen molar-refractivity contribution in [2.45, 2.75) is 52.3 Å². The van der Waals surface area contributed by atoms with Crippen LogP contribution in [0.15, 0.2) is 48.5 Å². The number of halogens is 1. The summed E-state index contributed by atoms with van der Waals surface area (Å²) < 4.78 is 18.6. The number of benzene rings is 2. The van der Waals surface area contributed by atoms with Crippen molar-refractivity contribution in [3.05, 3.63) is 59.9 Å². The number of carbonyl (C=O) groups excluding carboxylic acids is 2. The van der Waals surface area contributed by atoms with E-state index in [1.54, 1.807) is 38.8 Å². The third-order valence-corrected chi connectivity index (χ3v) is 7.14. The molecule has 42 heavy (non-hydrogen) atoms. The van der Waals surface area contributed by atoms with Crippen molar-refractivity contribution in [1.29, 1.82) is 0 Å². The molecule has 0 aliphatic heterocycles. The van der Waals surface area contributed by atoms with E-state index in [9.17, 15) is 9.59 Å². The topological polar surface area (TPSA) is 122 Å². The maximum atomic E-state index is 12.9. The van der Waals surface area contributed by atoms with Crippen molar-refractivity contribution >= 4 is 51.2 Å². The average Bonchev–Trinajstić information content (AvgIpc) is 3.34. The van der Waals surface area contributed by atoms with Gasteiger partial charge in [0.1, 0.15) is 23.0 Å². The third-order valence-electron chi connectivity index (χ3n) is 6.91. The van der Waals surface area contributed by atoms with Crippen LogP contribution in [0.5, 0.6) is 5.75 Å². The largest absolute Gasteiger partial charge is 0.476 e. The molecule has 0 saturated carbocycles. The van der Waals surface area contributed by atoms with Gasteiger partial charge in [0.2, 0.25) is 5.91 Å². The number of para-hydroxylation sites is 1. The predicted molar refractivity (Wildman–Crippen MR) is 164 cm³/mol. The van der Waals surface area contributed by atoms with Gasteiger partial charge in [-0.15, -0.1) is 11.6 Å². The van der Waals surface area contributed by atoms with Crippen LogP contribution in [0.1, 0.15) is 38.6 Å². The van der Waals surface area contributed by atoms with E-state index in [0.717, 1.165) is 27.8 Å². The Morgan fingerprint density at radius 2 is 1.90 bits per heavy atom. The fourth-order valence-corrected chi connectivity index (χ4v) is 5.06. The third kappa shape index (κ3) is 7.11. The van der Waals surface area contributed by atoms with E-state index in [0.29, 0.717) is 56.2 Å². The number of imidazole rings is 1. The maximum Gasteiger partial charge on any atom is 0.349 e. The number of pyridine rings is 1. The Hall–Kier alpha value is -3.89. The van der Waals surface area contributed by atoms with Crippen LogP contribution in [0.4, 0.5) is 5.82 Å². The molecule has 0 aliphatic rings. The number of nitrogens with two attached hydrogens (primary N) is 1. The molecule has 1 amide bonds. The van der Waals surface area contributed by atoms with Crippen molar-refractivity contribution in [1.82, 2.24) is 19.4 Å². The van der Waals surface area contributed by atoms with Gasteiger partial charge in [0, 0.05) is 38.6 Å². The highest BCUT2D eigenvalue weighted by atomic mass is 35.5. The van der Waals surface area contributed by atoms with Gasteiger partial charge in [-0.05, 0) is 51.0 Å². The van der Waals surface area contributed by atoms with Crippen molar-refractivity contribution in [2.24, 2.45) is 0 Å². The zero-order valence-electron chi connectivity index (χ0n) is 24.6. The number of anilines is 1. The van der Waals surface area contributed by atoms with E-state index in [1.165, 1.54) is 0 Å². The normalized spacial score (nSPS) is 11.6. The van der Waals surface area contributed by atoms with Crippen molar-refractivity contribution in [2.75, 3.05) is 38.5 Å². The van der Waals surface area contributed by atoms with Gasteiger partial charge >= 0.3 is 5.97 Å². The second-order valence-electron chi connectivity index (χ2n) is 10.4. The van der Waals surface area contributed by atoms with Crippen LogP contribution in [-0.2, 0) is 38.6 Å². The first-order valence-electron chi connectivity index (χ1n) is 14.0. The molecule has 2 heterocycles. The van der Waals surface area contributed by atoms with E-state index < -0.39 is 11.6 Å². The Bertz CT molecular complexity index is 1550. The minimum atomic E-state index is -1.16. The smallest absolute Gasteiger partial charge is 0.349 e. The molecule has 2 aromatic heterocycles. The highest BCUT2D eigenvalue weighted by molar-refractivity contribution is 6.27. The van der Waals surface area contributed by atoms with Crippen LogP contribution < -0.4 is 10.5 Å². The maximum absolute atomic E-state index is 12.9. The zero-order valence-corrected chi connectivity index (χ0v) is 25.3. The number of hydrogen-bond donors (Lipinski definition) is 1. The second kappa shape index (κ2) is 13.8. The number of nitrogen functional groups attached to an aromatic ring is 1. The van der Waals surface area contributed by atoms with E-state index in [1.807, 2.05) is 42.5 Å². The SMILES string of the molecule is CCOC(=O)C(C)(C)Oc1cccc(CN(CCCn2c(CCOC)nc3c(N)nc4ccccc4c32)C(=O)CCl)c1. The summed E-state index contributed by atoms with van der Waals surface area (Å²) >= 11 is 6.00. The van der Waals surface area contributed by atoms with Crippen LogP contribution in [0.25, 0.3) is 21.9 Å². The van der Waals surface area contributed by atoms with Gasteiger partial charge in [0.05, 0.1) is 24.2 Å². The molecule has 4 rings (SSSR count). The van der Waals surface area contributed by atoms with E-state index in [4.69, 9.17) is 36.5 Å². The quantitative estimate of drug-likeness (QED) is 0.164. The van der Waals surface area contributed by atoms with E-state index in [2.05, 4.69) is 9.55 Å². The number of hydrogen-bond acceptors (Lipinski definition) is 8. The minimum absolute atomic E-state index is 0.133. The van der Waals surface area contributed by atoms with Crippen LogP contribution in [0.2, 0.25) is 0 Å². The molecule has 0 radical (unpaired) electrons. The summed E-state index contributed by atoms with van der Waals surface area (Å²) in [6, 6.07) is 15.2. The summed E-state index contributed by atoms with van der Waals surface area (Å²) in [4.78, 5) is 36.3. The predicted octanol–water partition coefficient (Wildman–Crippen LogP) is 4.73. The first-order valence-corrected chi connectivity index (χ1v) is 14.5. The summed E-state index contributed by atoms with van der Waals surface area (Å²) in [5, 5.41) is 0.967. The van der Waals surface area contributed by atoms with E-state index in [-0.39, 0.29) is 18.4 Å². The molecular weight excluding hydrogens is 558 g/mol. The van der Waals surface area contributed by atoms with Crippen molar-refractivity contribution < 1.29 is 23.8 Å². The Kier molecular flexibility index (Phi) is 10.2. The summed E-state index contributed by atoms with van der Waals surface area (Å²) in [6.07, 6.45) is 1.26. The zero-order chi connectivity index (χ0) is 30.3. The molecular formula is C31H38ClN5O5. The molecule has 0 saturated heterocycles. The van der Waals surface area contributed by atoms with Crippen molar-refractivity contribution in [3.63, 3.8) is 0 Å². The number of methoxy groups -OCH3 is 1. The highest BCUT2D eigenvalue weighted by Crippen LogP contribution is 2.29. The number of aryl methyl sites for hydroxylation is 1. The van der Waals surface area contributed by atoms with E-state index >= 15 is 0 Å². The number of fused-ring (bicyclic) bond motifs is 3.